The fraction of sp³-hybridized carbons (Fsp3) is 0.357. The Morgan fingerprint density at radius 1 is 1.37 bits per heavy atom. The molecule has 0 bridgehead atoms. The molecule has 0 saturated heterocycles. The molecule has 2 aromatic heterocycles. The number of hydrogen-bond acceptors (Lipinski definition) is 3. The molecule has 5 heteroatoms. The number of carbonyl (C=O) groups is 1. The van der Waals surface area contributed by atoms with Crippen molar-refractivity contribution in [3.63, 3.8) is 0 Å². The Labute approximate surface area is 112 Å². The molecule has 19 heavy (non-hydrogen) atoms. The van der Waals surface area contributed by atoms with Gasteiger partial charge in [-0.2, -0.15) is 5.10 Å². The van der Waals surface area contributed by atoms with Gasteiger partial charge in [0, 0.05) is 31.2 Å². The summed E-state index contributed by atoms with van der Waals surface area (Å²) in [5, 5.41) is 6.69. The highest BCUT2D eigenvalue weighted by Gasteiger charge is 2.17. The Hall–Kier alpha value is -2.17. The van der Waals surface area contributed by atoms with Gasteiger partial charge in [-0.1, -0.05) is 0 Å². The van der Waals surface area contributed by atoms with Crippen LogP contribution in [-0.2, 0) is 6.42 Å². The van der Waals surface area contributed by atoms with Crippen molar-refractivity contribution in [2.75, 3.05) is 13.1 Å². The molecule has 0 spiro atoms. The van der Waals surface area contributed by atoms with Crippen LogP contribution in [0.3, 0.4) is 0 Å². The number of amides is 1. The first-order valence-electron chi connectivity index (χ1n) is 6.40. The summed E-state index contributed by atoms with van der Waals surface area (Å²) in [5.41, 5.74) is 2.65. The van der Waals surface area contributed by atoms with Crippen LogP contribution >= 0.6 is 0 Å². The second-order valence-electron chi connectivity index (χ2n) is 4.40. The average molecular weight is 258 g/mol. The third-order valence-electron chi connectivity index (χ3n) is 3.15. The van der Waals surface area contributed by atoms with E-state index in [0.29, 0.717) is 18.7 Å². The smallest absolute Gasteiger partial charge is 0.257 e. The van der Waals surface area contributed by atoms with Crippen LogP contribution in [0.5, 0.6) is 0 Å². The normalized spacial score (nSPS) is 10.4. The third kappa shape index (κ3) is 3.19. The number of aryl methyl sites for hydroxylation is 1. The number of nitrogens with zero attached hydrogens (tertiary/aromatic N) is 3. The monoisotopic (exact) mass is 258 g/mol. The van der Waals surface area contributed by atoms with Gasteiger partial charge < -0.3 is 4.90 Å². The number of carbonyl (C=O) groups excluding carboxylic acids is 1. The third-order valence-corrected chi connectivity index (χ3v) is 3.15. The van der Waals surface area contributed by atoms with E-state index in [9.17, 15) is 4.79 Å². The van der Waals surface area contributed by atoms with Crippen molar-refractivity contribution in [1.29, 1.82) is 0 Å². The molecule has 0 unspecified atom stereocenters. The molecule has 0 radical (unpaired) electrons. The predicted octanol–water partition coefficient (Wildman–Crippen LogP) is 1.82. The van der Waals surface area contributed by atoms with E-state index in [2.05, 4.69) is 15.2 Å². The van der Waals surface area contributed by atoms with E-state index in [1.165, 1.54) is 5.56 Å². The van der Waals surface area contributed by atoms with Crippen molar-refractivity contribution in [3.05, 3.63) is 47.5 Å². The first-order valence-corrected chi connectivity index (χ1v) is 6.40. The summed E-state index contributed by atoms with van der Waals surface area (Å²) in [4.78, 5) is 18.2. The summed E-state index contributed by atoms with van der Waals surface area (Å²) in [6.45, 7) is 5.23. The molecule has 2 heterocycles. The highest BCUT2D eigenvalue weighted by molar-refractivity contribution is 5.95. The van der Waals surface area contributed by atoms with Crippen LogP contribution in [-0.4, -0.2) is 39.1 Å². The van der Waals surface area contributed by atoms with Gasteiger partial charge in [0.05, 0.1) is 11.8 Å². The molecule has 5 nitrogen and oxygen atoms in total. The van der Waals surface area contributed by atoms with Gasteiger partial charge in [-0.3, -0.25) is 14.9 Å². The van der Waals surface area contributed by atoms with Gasteiger partial charge >= 0.3 is 0 Å². The van der Waals surface area contributed by atoms with Crippen LogP contribution in [0.1, 0.15) is 28.5 Å². The maximum Gasteiger partial charge on any atom is 0.257 e. The lowest BCUT2D eigenvalue weighted by atomic mass is 10.1. The Morgan fingerprint density at radius 2 is 2.11 bits per heavy atom. The fourth-order valence-corrected chi connectivity index (χ4v) is 1.95. The fourth-order valence-electron chi connectivity index (χ4n) is 1.95. The molecule has 100 valence electrons. The second-order valence-corrected chi connectivity index (χ2v) is 4.40. The Kier molecular flexibility index (Phi) is 4.28. The Balaban J connectivity index is 2.01. The lowest BCUT2D eigenvalue weighted by Crippen LogP contribution is -2.32. The molecular weight excluding hydrogens is 240 g/mol. The van der Waals surface area contributed by atoms with Gasteiger partial charge in [-0.25, -0.2) is 0 Å². The second kappa shape index (κ2) is 6.13. The number of pyridine rings is 1. The molecular formula is C14H18N4O. The number of aromatic amines is 1. The lowest BCUT2D eigenvalue weighted by Gasteiger charge is -2.20. The van der Waals surface area contributed by atoms with Crippen LogP contribution in [0.2, 0.25) is 0 Å². The van der Waals surface area contributed by atoms with E-state index in [-0.39, 0.29) is 5.91 Å². The van der Waals surface area contributed by atoms with Crippen molar-refractivity contribution >= 4 is 5.91 Å². The van der Waals surface area contributed by atoms with Gasteiger partial charge in [0.15, 0.2) is 0 Å². The number of hydrogen-bond donors (Lipinski definition) is 1. The SMILES string of the molecule is CCN(CCc1ccncc1)C(=O)c1cn[nH]c1C. The topological polar surface area (TPSA) is 61.9 Å². The Morgan fingerprint density at radius 3 is 2.68 bits per heavy atom. The van der Waals surface area contributed by atoms with Crippen LogP contribution in [0, 0.1) is 6.92 Å². The van der Waals surface area contributed by atoms with E-state index in [1.807, 2.05) is 30.9 Å². The summed E-state index contributed by atoms with van der Waals surface area (Å²) >= 11 is 0. The molecule has 2 aromatic rings. The van der Waals surface area contributed by atoms with E-state index in [4.69, 9.17) is 0 Å². The van der Waals surface area contributed by atoms with Crippen LogP contribution in [0.25, 0.3) is 0 Å². The van der Waals surface area contributed by atoms with Gasteiger partial charge in [0.2, 0.25) is 0 Å². The van der Waals surface area contributed by atoms with E-state index < -0.39 is 0 Å². The van der Waals surface area contributed by atoms with Crippen molar-refractivity contribution in [3.8, 4) is 0 Å². The summed E-state index contributed by atoms with van der Waals surface area (Å²) in [7, 11) is 0. The van der Waals surface area contributed by atoms with Crippen molar-refractivity contribution in [2.45, 2.75) is 20.3 Å². The summed E-state index contributed by atoms with van der Waals surface area (Å²) in [6, 6.07) is 3.95. The number of likely N-dealkylation sites (N-methyl/N-ethyl adjacent to an activating group) is 1. The number of rotatable bonds is 5. The van der Waals surface area contributed by atoms with Gasteiger partial charge in [-0.15, -0.1) is 0 Å². The highest BCUT2D eigenvalue weighted by Crippen LogP contribution is 2.09. The van der Waals surface area contributed by atoms with E-state index in [0.717, 1.165) is 12.1 Å². The summed E-state index contributed by atoms with van der Waals surface area (Å²) in [6.07, 6.45) is 5.97. The van der Waals surface area contributed by atoms with Gasteiger partial charge in [-0.05, 0) is 38.0 Å². The lowest BCUT2D eigenvalue weighted by molar-refractivity contribution is 0.0765. The molecule has 0 saturated carbocycles. The highest BCUT2D eigenvalue weighted by atomic mass is 16.2. The van der Waals surface area contributed by atoms with Gasteiger partial charge in [0.1, 0.15) is 0 Å². The van der Waals surface area contributed by atoms with Gasteiger partial charge in [0.25, 0.3) is 5.91 Å². The summed E-state index contributed by atoms with van der Waals surface area (Å²) in [5.74, 6) is 0.0304. The molecule has 1 N–H and O–H groups in total. The minimum atomic E-state index is 0.0304. The Bertz CT molecular complexity index is 535. The van der Waals surface area contributed by atoms with Crippen molar-refractivity contribution < 1.29 is 4.79 Å². The predicted molar refractivity (Wildman–Crippen MR) is 72.8 cm³/mol. The van der Waals surface area contributed by atoms with Crippen LogP contribution in [0.4, 0.5) is 0 Å². The number of nitrogens with one attached hydrogen (secondary N) is 1. The quantitative estimate of drug-likeness (QED) is 0.889. The first kappa shape index (κ1) is 13.3. The molecule has 2 rings (SSSR count). The number of aromatic nitrogens is 3. The zero-order valence-corrected chi connectivity index (χ0v) is 11.3. The molecule has 1 amide bonds. The first-order chi connectivity index (χ1) is 9.22. The van der Waals surface area contributed by atoms with E-state index in [1.54, 1.807) is 18.6 Å². The molecule has 0 aliphatic rings. The summed E-state index contributed by atoms with van der Waals surface area (Å²) < 4.78 is 0. The van der Waals surface area contributed by atoms with Crippen molar-refractivity contribution in [1.82, 2.24) is 20.1 Å². The zero-order chi connectivity index (χ0) is 13.7. The zero-order valence-electron chi connectivity index (χ0n) is 11.3. The molecule has 0 fully saturated rings. The number of H-pyrrole nitrogens is 1. The molecule has 0 aromatic carbocycles. The maximum absolute atomic E-state index is 12.3. The minimum Gasteiger partial charge on any atom is -0.338 e. The minimum absolute atomic E-state index is 0.0304. The van der Waals surface area contributed by atoms with Crippen LogP contribution < -0.4 is 0 Å². The molecule has 0 aliphatic carbocycles. The molecule has 0 aliphatic heterocycles. The van der Waals surface area contributed by atoms with Crippen LogP contribution in [0.15, 0.2) is 30.7 Å². The maximum atomic E-state index is 12.3. The molecule has 0 atom stereocenters. The van der Waals surface area contributed by atoms with E-state index >= 15 is 0 Å². The largest absolute Gasteiger partial charge is 0.338 e. The average Bonchev–Trinajstić information content (AvgIpc) is 2.86. The van der Waals surface area contributed by atoms with Crippen molar-refractivity contribution in [2.24, 2.45) is 0 Å². The standard InChI is InChI=1S/C14H18N4O/c1-3-18(9-6-12-4-7-15-8-5-12)14(19)13-10-16-17-11(13)2/h4-5,7-8,10H,3,6,9H2,1-2H3,(H,16,17).